The highest BCUT2D eigenvalue weighted by Crippen LogP contribution is 2.34. The van der Waals surface area contributed by atoms with Crippen molar-refractivity contribution in [3.05, 3.63) is 54.1 Å². The molecule has 2 heterocycles. The number of nitrogens with one attached hydrogen (secondary N) is 1. The van der Waals surface area contributed by atoms with Gasteiger partial charge in [0.25, 0.3) is 0 Å². The average Bonchev–Trinajstić information content (AvgIpc) is 3.17. The van der Waals surface area contributed by atoms with Crippen molar-refractivity contribution in [2.45, 2.75) is 38.6 Å². The predicted octanol–water partition coefficient (Wildman–Crippen LogP) is 3.80. The van der Waals surface area contributed by atoms with Crippen LogP contribution >= 0.6 is 0 Å². The third-order valence-corrected chi connectivity index (χ3v) is 5.89. The van der Waals surface area contributed by atoms with Gasteiger partial charge in [-0.05, 0) is 50.0 Å². The molecule has 0 radical (unpaired) electrons. The van der Waals surface area contributed by atoms with Gasteiger partial charge in [0.15, 0.2) is 0 Å². The molecule has 3 aromatic rings. The molecule has 1 fully saturated rings. The van der Waals surface area contributed by atoms with Gasteiger partial charge in [-0.25, -0.2) is 10.5 Å². The van der Waals surface area contributed by atoms with Gasteiger partial charge in [0.05, 0.1) is 11.0 Å². The van der Waals surface area contributed by atoms with Gasteiger partial charge in [0.1, 0.15) is 5.82 Å². The Labute approximate surface area is 171 Å². The van der Waals surface area contributed by atoms with Crippen LogP contribution in [-0.4, -0.2) is 45.2 Å². The second-order valence-electron chi connectivity index (χ2n) is 7.68. The van der Waals surface area contributed by atoms with Crippen molar-refractivity contribution in [2.75, 3.05) is 19.6 Å². The van der Waals surface area contributed by atoms with Gasteiger partial charge in [-0.15, -0.1) is 0 Å². The first-order chi connectivity index (χ1) is 14.2. The van der Waals surface area contributed by atoms with Crippen molar-refractivity contribution in [1.82, 2.24) is 19.9 Å². The normalized spacial score (nSPS) is 17.5. The van der Waals surface area contributed by atoms with E-state index in [-0.39, 0.29) is 12.3 Å². The molecule has 1 saturated heterocycles. The minimum atomic E-state index is -0.376. The average molecular weight is 393 g/mol. The summed E-state index contributed by atoms with van der Waals surface area (Å²) in [4.78, 5) is 19.1. The molecule has 0 aliphatic carbocycles. The van der Waals surface area contributed by atoms with Crippen molar-refractivity contribution < 1.29 is 10.0 Å². The van der Waals surface area contributed by atoms with E-state index in [4.69, 9.17) is 10.2 Å². The number of nitrogens with zero attached hydrogens (tertiary/aromatic N) is 3. The number of imidazole rings is 1. The third kappa shape index (κ3) is 4.04. The molecule has 2 N–H and O–H groups in total. The Morgan fingerprint density at radius 2 is 2.00 bits per heavy atom. The van der Waals surface area contributed by atoms with Crippen LogP contribution in [0, 0.1) is 0 Å². The quantitative estimate of drug-likeness (QED) is 0.494. The van der Waals surface area contributed by atoms with E-state index >= 15 is 0 Å². The number of carbonyl (C=O) groups is 1. The number of para-hydroxylation sites is 2. The third-order valence-electron chi connectivity index (χ3n) is 5.89. The van der Waals surface area contributed by atoms with Gasteiger partial charge in [0, 0.05) is 24.6 Å². The molecule has 1 aliphatic heterocycles. The van der Waals surface area contributed by atoms with Crippen molar-refractivity contribution in [3.8, 4) is 11.4 Å². The molecule has 0 bridgehead atoms. The van der Waals surface area contributed by atoms with E-state index in [9.17, 15) is 4.79 Å². The topological polar surface area (TPSA) is 70.4 Å². The zero-order valence-corrected chi connectivity index (χ0v) is 16.8. The van der Waals surface area contributed by atoms with Crippen LogP contribution in [0.1, 0.15) is 37.8 Å². The Balaban J connectivity index is 1.80. The Kier molecular flexibility index (Phi) is 5.92. The number of likely N-dealkylation sites (N-methyl/N-ethyl adjacent to an activating group) is 1. The Bertz CT molecular complexity index is 997. The summed E-state index contributed by atoms with van der Waals surface area (Å²) in [7, 11) is 0. The van der Waals surface area contributed by atoms with Crippen molar-refractivity contribution in [1.29, 1.82) is 0 Å². The summed E-state index contributed by atoms with van der Waals surface area (Å²) in [6.45, 7) is 5.46. The first-order valence-corrected chi connectivity index (χ1v) is 10.4. The summed E-state index contributed by atoms with van der Waals surface area (Å²) in [6, 6.07) is 16.8. The molecule has 1 atom stereocenters. The lowest BCUT2D eigenvalue weighted by Gasteiger charge is -2.34. The van der Waals surface area contributed by atoms with Crippen LogP contribution in [0.15, 0.2) is 48.5 Å². The smallest absolute Gasteiger partial charge is 0.243 e. The van der Waals surface area contributed by atoms with E-state index in [2.05, 4.69) is 40.7 Å². The molecule has 6 heteroatoms. The number of aryl methyl sites for hydroxylation is 1. The lowest BCUT2D eigenvalue weighted by molar-refractivity contribution is -0.129. The van der Waals surface area contributed by atoms with Gasteiger partial charge in [-0.3, -0.25) is 10.0 Å². The molecule has 6 nitrogen and oxygen atoms in total. The van der Waals surface area contributed by atoms with Crippen molar-refractivity contribution in [3.63, 3.8) is 0 Å². The molecule has 2 aromatic carbocycles. The number of benzene rings is 2. The predicted molar refractivity (Wildman–Crippen MR) is 114 cm³/mol. The number of rotatable bonds is 6. The maximum absolute atomic E-state index is 11.6. The summed E-state index contributed by atoms with van der Waals surface area (Å²) < 4.78 is 2.40. The zero-order chi connectivity index (χ0) is 20.2. The standard InChI is InChI=1S/C23H28N4O2/c1-2-26-15-7-9-18(16-26)27-21-12-6-5-11-20(21)24-23(27)19-10-4-3-8-17(19)13-14-22(28)25-29/h3-6,8,10-12,18,29H,2,7,9,13-16H2,1H3,(H,25,28). The van der Waals surface area contributed by atoms with E-state index < -0.39 is 0 Å². The molecule has 1 amide bonds. The monoisotopic (exact) mass is 392 g/mol. The molecular weight excluding hydrogens is 364 g/mol. The van der Waals surface area contributed by atoms with Gasteiger partial charge >= 0.3 is 0 Å². The van der Waals surface area contributed by atoms with Crippen LogP contribution in [0.2, 0.25) is 0 Å². The highest BCUT2D eigenvalue weighted by Gasteiger charge is 2.25. The molecule has 1 aliphatic rings. The zero-order valence-electron chi connectivity index (χ0n) is 16.8. The number of aromatic nitrogens is 2. The number of fused-ring (bicyclic) bond motifs is 1. The van der Waals surface area contributed by atoms with Crippen LogP contribution in [-0.2, 0) is 11.2 Å². The summed E-state index contributed by atoms with van der Waals surface area (Å²) in [5.41, 5.74) is 6.01. The lowest BCUT2D eigenvalue weighted by atomic mass is 10.0. The van der Waals surface area contributed by atoms with Crippen LogP contribution in [0.3, 0.4) is 0 Å². The second kappa shape index (κ2) is 8.76. The van der Waals surface area contributed by atoms with Gasteiger partial charge in [-0.2, -0.15) is 0 Å². The molecule has 1 aromatic heterocycles. The Hall–Kier alpha value is -2.70. The van der Waals surface area contributed by atoms with Gasteiger partial charge in [0.2, 0.25) is 5.91 Å². The summed E-state index contributed by atoms with van der Waals surface area (Å²) in [6.07, 6.45) is 3.11. The maximum Gasteiger partial charge on any atom is 0.243 e. The SMILES string of the molecule is CCN1CCCC(n2c(-c3ccccc3CCC(=O)NO)nc3ccccc32)C1. The first-order valence-electron chi connectivity index (χ1n) is 10.4. The Morgan fingerprint density at radius 3 is 2.83 bits per heavy atom. The highest BCUT2D eigenvalue weighted by atomic mass is 16.5. The first kappa shape index (κ1) is 19.6. The lowest BCUT2D eigenvalue weighted by Crippen LogP contribution is -2.36. The maximum atomic E-state index is 11.6. The largest absolute Gasteiger partial charge is 0.320 e. The fraction of sp³-hybridized carbons (Fsp3) is 0.391. The summed E-state index contributed by atoms with van der Waals surface area (Å²) >= 11 is 0. The van der Waals surface area contributed by atoms with E-state index in [1.165, 1.54) is 6.42 Å². The molecule has 1 unspecified atom stereocenters. The number of carbonyl (C=O) groups excluding carboxylic acids is 1. The number of hydrogen-bond acceptors (Lipinski definition) is 4. The second-order valence-corrected chi connectivity index (χ2v) is 7.68. The minimum Gasteiger partial charge on any atom is -0.320 e. The van der Waals surface area contributed by atoms with Gasteiger partial charge in [-0.1, -0.05) is 43.3 Å². The summed E-state index contributed by atoms with van der Waals surface area (Å²) in [5, 5.41) is 8.84. The van der Waals surface area contributed by atoms with Crippen molar-refractivity contribution >= 4 is 16.9 Å². The minimum absolute atomic E-state index is 0.237. The molecule has 152 valence electrons. The van der Waals surface area contributed by atoms with Gasteiger partial charge < -0.3 is 9.47 Å². The number of hydrogen-bond donors (Lipinski definition) is 2. The molecule has 4 rings (SSSR count). The fourth-order valence-electron chi connectivity index (χ4n) is 4.39. The Morgan fingerprint density at radius 1 is 1.21 bits per heavy atom. The summed E-state index contributed by atoms with van der Waals surface area (Å²) in [5.74, 6) is 0.591. The fourth-order valence-corrected chi connectivity index (χ4v) is 4.39. The molecule has 0 saturated carbocycles. The number of piperidine rings is 1. The molecule has 29 heavy (non-hydrogen) atoms. The van der Waals surface area contributed by atoms with Crippen LogP contribution in [0.5, 0.6) is 0 Å². The number of amides is 1. The number of likely N-dealkylation sites (tertiary alicyclic amines) is 1. The van der Waals surface area contributed by atoms with E-state index in [1.807, 2.05) is 24.3 Å². The van der Waals surface area contributed by atoms with Crippen LogP contribution in [0.4, 0.5) is 0 Å². The number of hydroxylamine groups is 1. The van der Waals surface area contributed by atoms with Crippen molar-refractivity contribution in [2.24, 2.45) is 0 Å². The van der Waals surface area contributed by atoms with E-state index in [0.717, 1.165) is 54.0 Å². The highest BCUT2D eigenvalue weighted by molar-refractivity contribution is 5.82. The molecule has 0 spiro atoms. The van der Waals surface area contributed by atoms with Crippen LogP contribution in [0.25, 0.3) is 22.4 Å². The van der Waals surface area contributed by atoms with E-state index in [1.54, 1.807) is 5.48 Å². The molecular formula is C23H28N4O2. The van der Waals surface area contributed by atoms with Crippen LogP contribution < -0.4 is 5.48 Å². The van der Waals surface area contributed by atoms with E-state index in [0.29, 0.717) is 12.5 Å².